The van der Waals surface area contributed by atoms with Gasteiger partial charge in [-0.15, -0.1) is 11.3 Å². The Kier molecular flexibility index (Phi) is 3.29. The number of benzene rings is 1. The van der Waals surface area contributed by atoms with Gasteiger partial charge in [-0.3, -0.25) is 4.79 Å². The Labute approximate surface area is 117 Å². The molecule has 1 aromatic carbocycles. The Hall–Kier alpha value is -1.39. The zero-order valence-electron chi connectivity index (χ0n) is 11.0. The van der Waals surface area contributed by atoms with Crippen molar-refractivity contribution in [2.45, 2.75) is 19.4 Å². The molecule has 1 aromatic heterocycles. The van der Waals surface area contributed by atoms with Crippen LogP contribution in [0.3, 0.4) is 0 Å². The number of nitrogens with zero attached hydrogens (tertiary/aromatic N) is 1. The number of hydrogen-bond acceptors (Lipinski definition) is 3. The van der Waals surface area contributed by atoms with E-state index in [1.165, 1.54) is 4.70 Å². The predicted octanol–water partition coefficient (Wildman–Crippen LogP) is 2.71. The second kappa shape index (κ2) is 4.94. The first-order valence-electron chi connectivity index (χ1n) is 6.68. The molecule has 3 rings (SSSR count). The molecule has 0 saturated carbocycles. The van der Waals surface area contributed by atoms with Gasteiger partial charge < -0.3 is 10.6 Å². The lowest BCUT2D eigenvalue weighted by Crippen LogP contribution is -2.32. The van der Waals surface area contributed by atoms with Crippen molar-refractivity contribution in [3.05, 3.63) is 35.2 Å². The zero-order chi connectivity index (χ0) is 13.4. The average Bonchev–Trinajstić information content (AvgIpc) is 3.05. The number of rotatable bonds is 2. The molecule has 3 nitrogen and oxygen atoms in total. The van der Waals surface area contributed by atoms with Crippen LogP contribution < -0.4 is 5.73 Å². The summed E-state index contributed by atoms with van der Waals surface area (Å²) in [5.41, 5.74) is 6.77. The van der Waals surface area contributed by atoms with Crippen molar-refractivity contribution in [1.82, 2.24) is 4.90 Å². The van der Waals surface area contributed by atoms with Gasteiger partial charge in [0.25, 0.3) is 5.91 Å². The Morgan fingerprint density at radius 2 is 2.26 bits per heavy atom. The molecule has 0 radical (unpaired) electrons. The molecule has 0 aliphatic carbocycles. The smallest absolute Gasteiger partial charge is 0.255 e. The molecule has 2 unspecified atom stereocenters. The summed E-state index contributed by atoms with van der Waals surface area (Å²) in [6.07, 6.45) is 1.02. The van der Waals surface area contributed by atoms with E-state index in [0.29, 0.717) is 5.92 Å². The van der Waals surface area contributed by atoms with Gasteiger partial charge in [-0.05, 0) is 25.3 Å². The fraction of sp³-hybridized carbons (Fsp3) is 0.400. The van der Waals surface area contributed by atoms with Crippen LogP contribution in [-0.2, 0) is 0 Å². The van der Waals surface area contributed by atoms with Crippen LogP contribution >= 0.6 is 11.3 Å². The quantitative estimate of drug-likeness (QED) is 0.915. The van der Waals surface area contributed by atoms with Gasteiger partial charge in [0.2, 0.25) is 0 Å². The monoisotopic (exact) mass is 274 g/mol. The van der Waals surface area contributed by atoms with Gasteiger partial charge in [-0.2, -0.15) is 0 Å². The van der Waals surface area contributed by atoms with E-state index in [0.717, 1.165) is 30.5 Å². The van der Waals surface area contributed by atoms with Gasteiger partial charge >= 0.3 is 0 Å². The average molecular weight is 274 g/mol. The number of carbonyl (C=O) groups is 1. The normalized spacial score (nSPS) is 20.9. The molecule has 19 heavy (non-hydrogen) atoms. The number of thiophene rings is 1. The summed E-state index contributed by atoms with van der Waals surface area (Å²) < 4.78 is 1.17. The third-order valence-corrected chi connectivity index (χ3v) is 4.93. The largest absolute Gasteiger partial charge is 0.338 e. The van der Waals surface area contributed by atoms with Crippen LogP contribution in [0.5, 0.6) is 0 Å². The minimum atomic E-state index is 0.153. The summed E-state index contributed by atoms with van der Waals surface area (Å²) in [5.74, 6) is 0.592. The molecule has 2 atom stereocenters. The lowest BCUT2D eigenvalue weighted by Gasteiger charge is -2.17. The fourth-order valence-electron chi connectivity index (χ4n) is 2.71. The summed E-state index contributed by atoms with van der Waals surface area (Å²) in [6.45, 7) is 3.65. The Morgan fingerprint density at radius 3 is 3.00 bits per heavy atom. The highest BCUT2D eigenvalue weighted by Gasteiger charge is 2.29. The summed E-state index contributed by atoms with van der Waals surface area (Å²) in [6, 6.07) is 8.25. The van der Waals surface area contributed by atoms with E-state index in [2.05, 4.69) is 6.07 Å². The first-order chi connectivity index (χ1) is 9.16. The van der Waals surface area contributed by atoms with Crippen molar-refractivity contribution >= 4 is 27.3 Å². The number of amides is 1. The maximum Gasteiger partial charge on any atom is 0.255 e. The van der Waals surface area contributed by atoms with E-state index in [1.807, 2.05) is 35.4 Å². The van der Waals surface area contributed by atoms with Gasteiger partial charge in [0, 0.05) is 34.6 Å². The predicted molar refractivity (Wildman–Crippen MR) is 79.5 cm³/mol. The van der Waals surface area contributed by atoms with Crippen molar-refractivity contribution < 1.29 is 4.79 Å². The van der Waals surface area contributed by atoms with E-state index in [1.54, 1.807) is 11.3 Å². The van der Waals surface area contributed by atoms with Gasteiger partial charge in [0.15, 0.2) is 0 Å². The Morgan fingerprint density at radius 1 is 1.47 bits per heavy atom. The second-order valence-corrected chi connectivity index (χ2v) is 6.22. The molecule has 100 valence electrons. The molecular weight excluding hydrogens is 256 g/mol. The number of likely N-dealkylation sites (tertiary alicyclic amines) is 1. The van der Waals surface area contributed by atoms with Crippen molar-refractivity contribution in [2.24, 2.45) is 11.7 Å². The SMILES string of the molecule is CC(N)C1CCN(C(=O)c2csc3ccccc23)C1. The van der Waals surface area contributed by atoms with E-state index >= 15 is 0 Å². The number of nitrogens with two attached hydrogens (primary N) is 1. The van der Waals surface area contributed by atoms with Gasteiger partial charge in [-0.25, -0.2) is 0 Å². The van der Waals surface area contributed by atoms with Crippen molar-refractivity contribution in [2.75, 3.05) is 13.1 Å². The van der Waals surface area contributed by atoms with Crippen LogP contribution in [0.15, 0.2) is 29.6 Å². The third-order valence-electron chi connectivity index (χ3n) is 3.97. The standard InChI is InChI=1S/C15H18N2OS/c1-10(16)11-6-7-17(8-11)15(18)13-9-19-14-5-3-2-4-12(13)14/h2-5,9-11H,6-8,16H2,1H3. The maximum absolute atomic E-state index is 12.6. The molecule has 4 heteroatoms. The minimum absolute atomic E-state index is 0.153. The molecular formula is C15H18N2OS. The summed E-state index contributed by atoms with van der Waals surface area (Å²) in [4.78, 5) is 14.5. The molecule has 1 fully saturated rings. The second-order valence-electron chi connectivity index (χ2n) is 5.30. The number of fused-ring (bicyclic) bond motifs is 1. The molecule has 1 amide bonds. The van der Waals surface area contributed by atoms with Gasteiger partial charge in [0.05, 0.1) is 5.56 Å². The van der Waals surface area contributed by atoms with Crippen LogP contribution in [-0.4, -0.2) is 29.9 Å². The Bertz CT molecular complexity index is 605. The highest BCUT2D eigenvalue weighted by Crippen LogP contribution is 2.28. The van der Waals surface area contributed by atoms with Crippen LogP contribution in [0.25, 0.3) is 10.1 Å². The van der Waals surface area contributed by atoms with Crippen molar-refractivity contribution in [3.63, 3.8) is 0 Å². The summed E-state index contributed by atoms with van der Waals surface area (Å²) in [7, 11) is 0. The van der Waals surface area contributed by atoms with E-state index in [4.69, 9.17) is 5.73 Å². The van der Waals surface area contributed by atoms with Crippen LogP contribution in [0, 0.1) is 5.92 Å². The molecule has 1 aliphatic rings. The van der Waals surface area contributed by atoms with Crippen LogP contribution in [0.4, 0.5) is 0 Å². The number of carbonyl (C=O) groups excluding carboxylic acids is 1. The van der Waals surface area contributed by atoms with Crippen molar-refractivity contribution in [1.29, 1.82) is 0 Å². The molecule has 1 aliphatic heterocycles. The lowest BCUT2D eigenvalue weighted by molar-refractivity contribution is 0.0788. The van der Waals surface area contributed by atoms with Gasteiger partial charge in [0.1, 0.15) is 0 Å². The van der Waals surface area contributed by atoms with Crippen molar-refractivity contribution in [3.8, 4) is 0 Å². The molecule has 0 bridgehead atoms. The molecule has 2 aromatic rings. The summed E-state index contributed by atoms with van der Waals surface area (Å²) >= 11 is 1.64. The molecule has 2 N–H and O–H groups in total. The number of hydrogen-bond donors (Lipinski definition) is 1. The summed E-state index contributed by atoms with van der Waals surface area (Å²) in [5, 5.41) is 3.05. The topological polar surface area (TPSA) is 46.3 Å². The fourth-order valence-corrected chi connectivity index (χ4v) is 3.65. The first kappa shape index (κ1) is 12.6. The molecule has 2 heterocycles. The van der Waals surface area contributed by atoms with E-state index in [9.17, 15) is 4.79 Å². The van der Waals surface area contributed by atoms with E-state index < -0.39 is 0 Å². The molecule has 0 spiro atoms. The maximum atomic E-state index is 12.6. The zero-order valence-corrected chi connectivity index (χ0v) is 11.8. The minimum Gasteiger partial charge on any atom is -0.338 e. The van der Waals surface area contributed by atoms with E-state index in [-0.39, 0.29) is 11.9 Å². The van der Waals surface area contributed by atoms with Crippen LogP contribution in [0.1, 0.15) is 23.7 Å². The third kappa shape index (κ3) is 2.26. The Balaban J connectivity index is 1.85. The van der Waals surface area contributed by atoms with Gasteiger partial charge in [-0.1, -0.05) is 18.2 Å². The highest BCUT2D eigenvalue weighted by atomic mass is 32.1. The first-order valence-corrected chi connectivity index (χ1v) is 7.56. The highest BCUT2D eigenvalue weighted by molar-refractivity contribution is 7.17. The molecule has 1 saturated heterocycles. The van der Waals surface area contributed by atoms with Crippen LogP contribution in [0.2, 0.25) is 0 Å². The lowest BCUT2D eigenvalue weighted by atomic mass is 10.0.